The van der Waals surface area contributed by atoms with Crippen LogP contribution in [-0.2, 0) is 11.2 Å². The number of nitrogens with one attached hydrogen (secondary N) is 1. The van der Waals surface area contributed by atoms with Crippen LogP contribution < -0.4 is 5.43 Å². The first kappa shape index (κ1) is 17.6. The highest BCUT2D eigenvalue weighted by molar-refractivity contribution is 5.40. The van der Waals surface area contributed by atoms with Crippen molar-refractivity contribution in [2.45, 2.75) is 13.3 Å². The van der Waals surface area contributed by atoms with Crippen LogP contribution in [0.15, 0.2) is 53.4 Å². The minimum atomic E-state index is 0.879. The Balaban J connectivity index is 1.31. The summed E-state index contributed by atoms with van der Waals surface area (Å²) in [5.74, 6) is 0. The summed E-state index contributed by atoms with van der Waals surface area (Å²) >= 11 is 0. The topological polar surface area (TPSA) is 31.0 Å². The molecule has 1 aromatic rings. The van der Waals surface area contributed by atoms with Crippen molar-refractivity contribution in [3.05, 3.63) is 58.9 Å². The molecule has 140 valence electrons. The lowest BCUT2D eigenvalue weighted by atomic mass is 10.1. The van der Waals surface area contributed by atoms with E-state index in [9.17, 15) is 0 Å². The first-order valence-electron chi connectivity index (χ1n) is 9.80. The van der Waals surface area contributed by atoms with E-state index in [0.29, 0.717) is 0 Å². The molecule has 0 spiro atoms. The number of morpholine rings is 1. The van der Waals surface area contributed by atoms with Gasteiger partial charge in [0.25, 0.3) is 0 Å². The molecule has 0 amide bonds. The van der Waals surface area contributed by atoms with Gasteiger partial charge in [0.2, 0.25) is 0 Å². The van der Waals surface area contributed by atoms with E-state index in [1.54, 1.807) is 0 Å². The average molecular weight is 354 g/mol. The van der Waals surface area contributed by atoms with E-state index in [1.807, 2.05) is 0 Å². The number of hydrazine groups is 1. The highest BCUT2D eigenvalue weighted by Gasteiger charge is 2.27. The van der Waals surface area contributed by atoms with Crippen molar-refractivity contribution in [3.8, 4) is 0 Å². The Morgan fingerprint density at radius 3 is 2.65 bits per heavy atom. The normalized spacial score (nSPS) is 21.6. The highest BCUT2D eigenvalue weighted by atomic mass is 16.5. The fourth-order valence-corrected chi connectivity index (χ4v) is 3.95. The van der Waals surface area contributed by atoms with E-state index in [0.717, 1.165) is 65.4 Å². The molecule has 1 N–H and O–H groups in total. The number of allylic oxidation sites excluding steroid dienone is 1. The van der Waals surface area contributed by atoms with Gasteiger partial charge >= 0.3 is 0 Å². The summed E-state index contributed by atoms with van der Waals surface area (Å²) in [6.07, 6.45) is 3.43. The van der Waals surface area contributed by atoms with Gasteiger partial charge in [-0.3, -0.25) is 4.90 Å². The fraction of sp³-hybridized carbons (Fsp3) is 0.524. The quantitative estimate of drug-likeness (QED) is 0.843. The lowest BCUT2D eigenvalue weighted by molar-refractivity contribution is 0.0351. The summed E-state index contributed by atoms with van der Waals surface area (Å²) in [6.45, 7) is 11.4. The van der Waals surface area contributed by atoms with Gasteiger partial charge in [0.1, 0.15) is 0 Å². The molecular formula is C21H30N4O. The summed E-state index contributed by atoms with van der Waals surface area (Å²) in [6, 6.07) is 10.7. The van der Waals surface area contributed by atoms with Crippen molar-refractivity contribution in [2.24, 2.45) is 0 Å². The second-order valence-electron chi connectivity index (χ2n) is 7.35. The second kappa shape index (κ2) is 8.25. The van der Waals surface area contributed by atoms with Gasteiger partial charge in [-0.25, -0.2) is 5.01 Å². The van der Waals surface area contributed by atoms with Crippen molar-refractivity contribution >= 4 is 0 Å². The molecule has 4 rings (SSSR count). The van der Waals surface area contributed by atoms with E-state index in [2.05, 4.69) is 63.6 Å². The zero-order valence-electron chi connectivity index (χ0n) is 15.8. The molecule has 0 bridgehead atoms. The largest absolute Gasteiger partial charge is 0.379 e. The van der Waals surface area contributed by atoms with Gasteiger partial charge in [-0.05, 0) is 25.0 Å². The van der Waals surface area contributed by atoms with Crippen molar-refractivity contribution < 1.29 is 4.74 Å². The third-order valence-corrected chi connectivity index (χ3v) is 5.68. The minimum absolute atomic E-state index is 0.879. The molecule has 0 unspecified atom stereocenters. The van der Waals surface area contributed by atoms with Crippen molar-refractivity contribution in [1.82, 2.24) is 20.2 Å². The van der Waals surface area contributed by atoms with E-state index in [4.69, 9.17) is 4.74 Å². The van der Waals surface area contributed by atoms with Crippen LogP contribution in [-0.4, -0.2) is 73.8 Å². The average Bonchev–Trinajstić information content (AvgIpc) is 3.12. The first-order valence-corrected chi connectivity index (χ1v) is 9.80. The molecule has 2 saturated heterocycles. The smallest absolute Gasteiger partial charge is 0.0594 e. The monoisotopic (exact) mass is 354 g/mol. The third kappa shape index (κ3) is 4.11. The number of nitrogens with zero attached hydrogens (tertiary/aromatic N) is 3. The Morgan fingerprint density at radius 1 is 1.04 bits per heavy atom. The number of hydrogen-bond donors (Lipinski definition) is 1. The van der Waals surface area contributed by atoms with Crippen LogP contribution in [0, 0.1) is 0 Å². The molecule has 0 saturated carbocycles. The standard InChI is InChI=1S/C21H30N4O/c1-18-20-17-25(10-7-19-5-3-2-4-6-19)22-21(20)8-9-24(18)12-11-23-13-15-26-16-14-23/h2-6,8,22H,7,9-17H2,1H3. The maximum atomic E-state index is 5.45. The molecule has 3 heterocycles. The van der Waals surface area contributed by atoms with Crippen LogP contribution in [0.4, 0.5) is 0 Å². The third-order valence-electron chi connectivity index (χ3n) is 5.68. The molecule has 0 aliphatic carbocycles. The predicted molar refractivity (Wildman–Crippen MR) is 104 cm³/mol. The van der Waals surface area contributed by atoms with Crippen molar-refractivity contribution in [3.63, 3.8) is 0 Å². The first-order chi connectivity index (χ1) is 12.8. The molecule has 0 aromatic heterocycles. The Morgan fingerprint density at radius 2 is 1.85 bits per heavy atom. The lowest BCUT2D eigenvalue weighted by Crippen LogP contribution is -2.41. The van der Waals surface area contributed by atoms with Crippen LogP contribution in [0.3, 0.4) is 0 Å². The van der Waals surface area contributed by atoms with Crippen LogP contribution in [0.25, 0.3) is 0 Å². The van der Waals surface area contributed by atoms with Gasteiger partial charge < -0.3 is 15.1 Å². The summed E-state index contributed by atoms with van der Waals surface area (Å²) in [5, 5.41) is 2.35. The minimum Gasteiger partial charge on any atom is -0.379 e. The van der Waals surface area contributed by atoms with Gasteiger partial charge in [0.15, 0.2) is 0 Å². The number of fused-ring (bicyclic) bond motifs is 1. The Kier molecular flexibility index (Phi) is 5.58. The van der Waals surface area contributed by atoms with Gasteiger partial charge in [-0.15, -0.1) is 0 Å². The van der Waals surface area contributed by atoms with Crippen LogP contribution in [0.2, 0.25) is 0 Å². The lowest BCUT2D eigenvalue weighted by Gasteiger charge is -2.33. The van der Waals surface area contributed by atoms with Gasteiger partial charge in [0.05, 0.1) is 18.9 Å². The van der Waals surface area contributed by atoms with E-state index in [1.165, 1.54) is 22.5 Å². The summed E-state index contributed by atoms with van der Waals surface area (Å²) in [5.41, 5.74) is 9.22. The number of benzene rings is 1. The van der Waals surface area contributed by atoms with E-state index in [-0.39, 0.29) is 0 Å². The van der Waals surface area contributed by atoms with E-state index >= 15 is 0 Å². The van der Waals surface area contributed by atoms with Gasteiger partial charge in [-0.1, -0.05) is 30.3 Å². The van der Waals surface area contributed by atoms with E-state index < -0.39 is 0 Å². The molecule has 0 radical (unpaired) electrons. The van der Waals surface area contributed by atoms with Crippen LogP contribution in [0.5, 0.6) is 0 Å². The number of ether oxygens (including phenoxy) is 1. The van der Waals surface area contributed by atoms with Crippen molar-refractivity contribution in [1.29, 1.82) is 0 Å². The molecule has 2 fully saturated rings. The summed E-state index contributed by atoms with van der Waals surface area (Å²) in [7, 11) is 0. The van der Waals surface area contributed by atoms with Gasteiger partial charge in [-0.2, -0.15) is 0 Å². The molecule has 3 aliphatic heterocycles. The molecule has 1 aromatic carbocycles. The van der Waals surface area contributed by atoms with Crippen LogP contribution in [0.1, 0.15) is 12.5 Å². The maximum Gasteiger partial charge on any atom is 0.0594 e. The highest BCUT2D eigenvalue weighted by Crippen LogP contribution is 2.26. The van der Waals surface area contributed by atoms with Crippen molar-refractivity contribution in [2.75, 3.05) is 59.0 Å². The Labute approximate surface area is 156 Å². The predicted octanol–water partition coefficient (Wildman–Crippen LogP) is 1.85. The zero-order chi connectivity index (χ0) is 17.8. The molecule has 3 aliphatic rings. The van der Waals surface area contributed by atoms with Gasteiger partial charge in [0, 0.05) is 57.1 Å². The molecular weight excluding hydrogens is 324 g/mol. The Hall–Kier alpha value is -1.82. The summed E-state index contributed by atoms with van der Waals surface area (Å²) in [4.78, 5) is 5.04. The molecule has 0 atom stereocenters. The second-order valence-corrected chi connectivity index (χ2v) is 7.35. The Bertz CT molecular complexity index is 664. The number of hydrogen-bond acceptors (Lipinski definition) is 5. The van der Waals surface area contributed by atoms with Crippen LogP contribution >= 0.6 is 0 Å². The zero-order valence-corrected chi connectivity index (χ0v) is 15.8. The number of rotatable bonds is 6. The molecule has 26 heavy (non-hydrogen) atoms. The SMILES string of the molecule is CC1=C2CN(CCc3ccccc3)NC2=CCN1CCN1CCOCC1. The fourth-order valence-electron chi connectivity index (χ4n) is 3.95. The molecule has 5 heteroatoms. The summed E-state index contributed by atoms with van der Waals surface area (Å²) < 4.78 is 5.45. The maximum absolute atomic E-state index is 5.45. The molecule has 5 nitrogen and oxygen atoms in total.